The molecule has 0 aliphatic carbocycles. The van der Waals surface area contributed by atoms with E-state index in [4.69, 9.17) is 16.2 Å². The molecule has 2 rings (SSSR count). The first-order valence-corrected chi connectivity index (χ1v) is 6.25. The van der Waals surface area contributed by atoms with Crippen LogP contribution in [0.5, 0.6) is 0 Å². The number of carbonyl (C=O) groups is 1. The zero-order chi connectivity index (χ0) is 15.4. The van der Waals surface area contributed by atoms with Crippen LogP contribution in [0.3, 0.4) is 0 Å². The van der Waals surface area contributed by atoms with Gasteiger partial charge in [-0.3, -0.25) is 4.79 Å². The van der Waals surface area contributed by atoms with E-state index in [2.05, 4.69) is 5.32 Å². The van der Waals surface area contributed by atoms with E-state index in [1.54, 1.807) is 13.2 Å². The first-order chi connectivity index (χ1) is 10.0. The monoisotopic (exact) mass is 289 g/mol. The number of primary amides is 1. The lowest BCUT2D eigenvalue weighted by atomic mass is 10.1. The van der Waals surface area contributed by atoms with Crippen LogP contribution in [-0.2, 0) is 11.3 Å². The molecular weight excluding hydrogens is 273 g/mol. The molecule has 110 valence electrons. The molecule has 2 aromatic carbocycles. The fraction of sp³-hybridized carbons (Fsp3) is 0.133. The van der Waals surface area contributed by atoms with E-state index < -0.39 is 11.7 Å². The maximum absolute atomic E-state index is 14.0. The minimum atomic E-state index is -0.708. The molecule has 5 N–H and O–H groups in total. The van der Waals surface area contributed by atoms with Gasteiger partial charge in [0.1, 0.15) is 5.82 Å². The number of ether oxygens (including phenoxy) is 1. The molecule has 5 nitrogen and oxygen atoms in total. The van der Waals surface area contributed by atoms with E-state index >= 15 is 0 Å². The Kier molecular flexibility index (Phi) is 4.39. The Hall–Kier alpha value is -2.60. The molecule has 2 aromatic rings. The highest BCUT2D eigenvalue weighted by Crippen LogP contribution is 2.27. The number of amides is 1. The van der Waals surface area contributed by atoms with E-state index in [0.717, 1.165) is 11.6 Å². The molecule has 0 aliphatic heterocycles. The number of rotatable bonds is 5. The summed E-state index contributed by atoms with van der Waals surface area (Å²) in [7, 11) is 1.58. The van der Waals surface area contributed by atoms with Crippen molar-refractivity contribution in [1.29, 1.82) is 0 Å². The summed E-state index contributed by atoms with van der Waals surface area (Å²) in [5, 5.41) is 2.93. The van der Waals surface area contributed by atoms with Gasteiger partial charge in [0.15, 0.2) is 0 Å². The number of nitrogens with two attached hydrogens (primary N) is 2. The van der Waals surface area contributed by atoms with Crippen molar-refractivity contribution in [2.24, 2.45) is 5.73 Å². The first-order valence-electron chi connectivity index (χ1n) is 6.25. The van der Waals surface area contributed by atoms with Crippen LogP contribution >= 0.6 is 0 Å². The Morgan fingerprint density at radius 3 is 2.67 bits per heavy atom. The SMILES string of the molecule is COCc1ccccc1Nc1cc(C(N)=O)c(N)cc1F. The van der Waals surface area contributed by atoms with Crippen LogP contribution in [0.4, 0.5) is 21.5 Å². The molecule has 0 fully saturated rings. The molecule has 0 unspecified atom stereocenters. The molecule has 0 saturated carbocycles. The average Bonchev–Trinajstić information content (AvgIpc) is 2.43. The standard InChI is InChI=1S/C15H16FN3O2/c1-21-8-9-4-2-3-5-13(9)19-14-6-10(15(18)20)12(17)7-11(14)16/h2-7,19H,8,17H2,1H3,(H2,18,20). The van der Waals surface area contributed by atoms with Gasteiger partial charge >= 0.3 is 0 Å². The van der Waals surface area contributed by atoms with Gasteiger partial charge in [0.2, 0.25) is 0 Å². The van der Waals surface area contributed by atoms with Gasteiger partial charge < -0.3 is 21.5 Å². The van der Waals surface area contributed by atoms with E-state index in [-0.39, 0.29) is 16.9 Å². The first kappa shape index (κ1) is 14.8. The number of methoxy groups -OCH3 is 1. The Labute approximate surface area is 121 Å². The van der Waals surface area contributed by atoms with Crippen molar-refractivity contribution < 1.29 is 13.9 Å². The van der Waals surface area contributed by atoms with Crippen molar-refractivity contribution in [3.05, 3.63) is 53.3 Å². The van der Waals surface area contributed by atoms with Crippen molar-refractivity contribution in [3.8, 4) is 0 Å². The second kappa shape index (κ2) is 6.23. The number of halogens is 1. The number of carbonyl (C=O) groups excluding carboxylic acids is 1. The largest absolute Gasteiger partial charge is 0.398 e. The summed E-state index contributed by atoms with van der Waals surface area (Å²) in [4.78, 5) is 11.3. The Bertz CT molecular complexity index is 674. The Morgan fingerprint density at radius 2 is 2.00 bits per heavy atom. The molecule has 0 aliphatic rings. The van der Waals surface area contributed by atoms with E-state index in [9.17, 15) is 9.18 Å². The van der Waals surface area contributed by atoms with Crippen LogP contribution in [0.2, 0.25) is 0 Å². The molecular formula is C15H16FN3O2. The molecule has 0 spiro atoms. The van der Waals surface area contributed by atoms with Gasteiger partial charge in [0.25, 0.3) is 5.91 Å². The van der Waals surface area contributed by atoms with Crippen molar-refractivity contribution in [1.82, 2.24) is 0 Å². The van der Waals surface area contributed by atoms with Crippen LogP contribution in [0, 0.1) is 5.82 Å². The number of anilines is 3. The lowest BCUT2D eigenvalue weighted by molar-refractivity contribution is 0.100. The Morgan fingerprint density at radius 1 is 1.29 bits per heavy atom. The molecule has 0 saturated heterocycles. The van der Waals surface area contributed by atoms with Crippen molar-refractivity contribution in [2.45, 2.75) is 6.61 Å². The van der Waals surface area contributed by atoms with E-state index in [1.165, 1.54) is 6.07 Å². The number of nitrogens with one attached hydrogen (secondary N) is 1. The molecule has 0 radical (unpaired) electrons. The molecule has 0 heterocycles. The topological polar surface area (TPSA) is 90.4 Å². The van der Waals surface area contributed by atoms with Gasteiger partial charge in [-0.15, -0.1) is 0 Å². The zero-order valence-corrected chi connectivity index (χ0v) is 11.5. The molecule has 21 heavy (non-hydrogen) atoms. The maximum atomic E-state index is 14.0. The highest BCUT2D eigenvalue weighted by Gasteiger charge is 2.13. The normalized spacial score (nSPS) is 10.4. The number of nitrogen functional groups attached to an aromatic ring is 1. The molecule has 0 bridgehead atoms. The van der Waals surface area contributed by atoms with Crippen LogP contribution < -0.4 is 16.8 Å². The summed E-state index contributed by atoms with van der Waals surface area (Å²) in [6.07, 6.45) is 0. The predicted molar refractivity (Wildman–Crippen MR) is 79.8 cm³/mol. The predicted octanol–water partition coefficient (Wildman–Crippen LogP) is 2.40. The number of benzene rings is 2. The van der Waals surface area contributed by atoms with Crippen LogP contribution in [0.25, 0.3) is 0 Å². The highest BCUT2D eigenvalue weighted by molar-refractivity contribution is 5.99. The third-order valence-electron chi connectivity index (χ3n) is 2.99. The smallest absolute Gasteiger partial charge is 0.250 e. The Balaban J connectivity index is 2.40. The molecule has 1 amide bonds. The quantitative estimate of drug-likeness (QED) is 0.737. The number of hydrogen-bond acceptors (Lipinski definition) is 4. The summed E-state index contributed by atoms with van der Waals surface area (Å²) < 4.78 is 19.1. The van der Waals surface area contributed by atoms with E-state index in [1.807, 2.05) is 18.2 Å². The number of para-hydroxylation sites is 1. The fourth-order valence-corrected chi connectivity index (χ4v) is 1.97. The molecule has 0 aromatic heterocycles. The molecule has 0 atom stereocenters. The summed E-state index contributed by atoms with van der Waals surface area (Å²) >= 11 is 0. The summed E-state index contributed by atoms with van der Waals surface area (Å²) in [5.41, 5.74) is 12.5. The van der Waals surface area contributed by atoms with Crippen molar-refractivity contribution >= 4 is 23.0 Å². The third kappa shape index (κ3) is 3.29. The van der Waals surface area contributed by atoms with Crippen molar-refractivity contribution in [2.75, 3.05) is 18.2 Å². The fourth-order valence-electron chi connectivity index (χ4n) is 1.97. The lowest BCUT2D eigenvalue weighted by Gasteiger charge is -2.13. The summed E-state index contributed by atoms with van der Waals surface area (Å²) in [6.45, 7) is 0.377. The second-order valence-electron chi connectivity index (χ2n) is 4.50. The maximum Gasteiger partial charge on any atom is 0.250 e. The summed E-state index contributed by atoms with van der Waals surface area (Å²) in [5.74, 6) is -1.27. The van der Waals surface area contributed by atoms with Gasteiger partial charge in [-0.1, -0.05) is 18.2 Å². The number of hydrogen-bond donors (Lipinski definition) is 3. The van der Waals surface area contributed by atoms with Crippen LogP contribution in [-0.4, -0.2) is 13.0 Å². The summed E-state index contributed by atoms with van der Waals surface area (Å²) in [6, 6.07) is 9.68. The highest BCUT2D eigenvalue weighted by atomic mass is 19.1. The second-order valence-corrected chi connectivity index (χ2v) is 4.50. The average molecular weight is 289 g/mol. The van der Waals surface area contributed by atoms with Gasteiger partial charge in [-0.05, 0) is 18.2 Å². The van der Waals surface area contributed by atoms with Gasteiger partial charge in [-0.25, -0.2) is 4.39 Å². The van der Waals surface area contributed by atoms with Crippen molar-refractivity contribution in [3.63, 3.8) is 0 Å². The minimum absolute atomic E-state index is 0.00993. The molecule has 6 heteroatoms. The van der Waals surface area contributed by atoms with Crippen LogP contribution in [0.15, 0.2) is 36.4 Å². The van der Waals surface area contributed by atoms with Gasteiger partial charge in [-0.2, -0.15) is 0 Å². The van der Waals surface area contributed by atoms with Crippen LogP contribution in [0.1, 0.15) is 15.9 Å². The minimum Gasteiger partial charge on any atom is -0.398 e. The van der Waals surface area contributed by atoms with E-state index in [0.29, 0.717) is 12.3 Å². The third-order valence-corrected chi connectivity index (χ3v) is 2.99. The lowest BCUT2D eigenvalue weighted by Crippen LogP contribution is -2.14. The zero-order valence-electron chi connectivity index (χ0n) is 11.5. The van der Waals surface area contributed by atoms with Gasteiger partial charge in [0.05, 0.1) is 17.9 Å². The van der Waals surface area contributed by atoms with Gasteiger partial charge in [0, 0.05) is 24.0 Å².